The Balaban J connectivity index is 1.38. The molecular formula is C37H50N5O3-. The number of carbonyl (C=O) groups is 1. The highest BCUT2D eigenvalue weighted by atomic mass is 16.4. The number of aliphatic imine (C=N–C) groups is 1. The van der Waals surface area contributed by atoms with Crippen LogP contribution in [0.4, 0.5) is 5.82 Å². The molecule has 1 aliphatic carbocycles. The number of benzene rings is 2. The van der Waals surface area contributed by atoms with Gasteiger partial charge in [0.2, 0.25) is 0 Å². The molecule has 1 aromatic heterocycles. The van der Waals surface area contributed by atoms with E-state index in [0.29, 0.717) is 37.4 Å². The summed E-state index contributed by atoms with van der Waals surface area (Å²) in [5, 5.41) is 30.0. The Morgan fingerprint density at radius 3 is 2.42 bits per heavy atom. The lowest BCUT2D eigenvalue weighted by atomic mass is 9.69. The van der Waals surface area contributed by atoms with Crippen molar-refractivity contribution in [1.29, 1.82) is 0 Å². The number of nitrogens with one attached hydrogen (secondary N) is 2. The molecule has 6 N–H and O–H groups in total. The van der Waals surface area contributed by atoms with Crippen molar-refractivity contribution < 1.29 is 15.0 Å². The van der Waals surface area contributed by atoms with Crippen LogP contribution in [0.25, 0.3) is 16.1 Å². The van der Waals surface area contributed by atoms with Crippen LogP contribution in [0.5, 0.6) is 0 Å². The summed E-state index contributed by atoms with van der Waals surface area (Å²) in [6.07, 6.45) is 17.2. The number of unbranched alkanes of at least 4 members (excludes halogenated alkanes) is 7. The number of nitrogens with two attached hydrogens (primary N) is 1. The predicted molar refractivity (Wildman–Crippen MR) is 183 cm³/mol. The van der Waals surface area contributed by atoms with Gasteiger partial charge in [-0.1, -0.05) is 105 Å². The zero-order valence-electron chi connectivity index (χ0n) is 26.5. The number of carboxylic acid groups (broad SMARTS) is 1. The second-order valence-corrected chi connectivity index (χ2v) is 12.8. The first-order chi connectivity index (χ1) is 22.0. The smallest absolute Gasteiger partial charge is 0.328 e. The Bertz CT molecular complexity index is 1430. The number of aliphatic hydroxyl groups excluding tert-OH is 1. The highest BCUT2D eigenvalue weighted by Crippen LogP contribution is 2.45. The fourth-order valence-corrected chi connectivity index (χ4v) is 7.42. The first kappa shape index (κ1) is 32.6. The van der Waals surface area contributed by atoms with Crippen molar-refractivity contribution in [2.45, 2.75) is 101 Å². The molecule has 2 aromatic carbocycles. The molecule has 1 aliphatic heterocycles. The molecule has 2 heterocycles. The molecule has 0 radical (unpaired) electrons. The molecule has 45 heavy (non-hydrogen) atoms. The molecule has 0 spiro atoms. The molecule has 8 nitrogen and oxygen atoms in total. The van der Waals surface area contributed by atoms with Crippen molar-refractivity contribution >= 4 is 28.5 Å². The van der Waals surface area contributed by atoms with E-state index < -0.39 is 5.97 Å². The van der Waals surface area contributed by atoms with Gasteiger partial charge in [0, 0.05) is 19.2 Å². The minimum absolute atomic E-state index is 0.224. The number of rotatable bonds is 17. The van der Waals surface area contributed by atoms with Gasteiger partial charge in [0.05, 0.1) is 6.04 Å². The molecule has 4 atom stereocenters. The summed E-state index contributed by atoms with van der Waals surface area (Å²) in [4.78, 5) is 19.7. The summed E-state index contributed by atoms with van der Waals surface area (Å²) < 4.78 is 0. The highest BCUT2D eigenvalue weighted by Gasteiger charge is 2.33. The minimum atomic E-state index is -0.965. The predicted octanol–water partition coefficient (Wildman–Crippen LogP) is 7.47. The van der Waals surface area contributed by atoms with Crippen molar-refractivity contribution in [3.8, 4) is 0 Å². The molecule has 0 saturated carbocycles. The minimum Gasteiger partial charge on any atom is -0.478 e. The van der Waals surface area contributed by atoms with Crippen LogP contribution in [0.1, 0.15) is 94.1 Å². The molecule has 0 amide bonds. The molecule has 242 valence electrons. The van der Waals surface area contributed by atoms with E-state index in [1.807, 2.05) is 18.3 Å². The summed E-state index contributed by atoms with van der Waals surface area (Å²) in [6.45, 7) is 0.856. The Morgan fingerprint density at radius 2 is 1.73 bits per heavy atom. The fraction of sp³-hybridized carbons (Fsp3) is 0.514. The maximum absolute atomic E-state index is 12.2. The molecule has 0 saturated heterocycles. The number of aliphatic carboxylic acids is 1. The molecule has 0 bridgehead atoms. The molecular weight excluding hydrogens is 562 g/mol. The summed E-state index contributed by atoms with van der Waals surface area (Å²) in [6, 6.07) is 16.8. The van der Waals surface area contributed by atoms with Gasteiger partial charge in [-0.05, 0) is 83.9 Å². The van der Waals surface area contributed by atoms with Crippen molar-refractivity contribution in [1.82, 2.24) is 10.3 Å². The van der Waals surface area contributed by atoms with Gasteiger partial charge in [-0.15, -0.1) is 0 Å². The topological polar surface area (TPSA) is 138 Å². The molecule has 3 aromatic rings. The largest absolute Gasteiger partial charge is 0.478 e. The zero-order valence-corrected chi connectivity index (χ0v) is 26.5. The summed E-state index contributed by atoms with van der Waals surface area (Å²) in [7, 11) is 0. The van der Waals surface area contributed by atoms with Crippen molar-refractivity contribution in [2.24, 2.45) is 16.6 Å². The third-order valence-electron chi connectivity index (χ3n) is 9.69. The van der Waals surface area contributed by atoms with E-state index in [9.17, 15) is 9.90 Å². The average molecular weight is 613 g/mol. The normalized spacial score (nSPS) is 20.7. The number of aromatic nitrogens is 1. The lowest BCUT2D eigenvalue weighted by molar-refractivity contribution is -0.131. The quantitative estimate of drug-likeness (QED) is 0.0795. The van der Waals surface area contributed by atoms with E-state index in [1.165, 1.54) is 66.5 Å². The monoisotopic (exact) mass is 612 g/mol. The maximum Gasteiger partial charge on any atom is 0.328 e. The number of H-pyrrole nitrogens is 1. The van der Waals surface area contributed by atoms with Crippen LogP contribution >= 0.6 is 0 Å². The Labute approximate surface area is 267 Å². The van der Waals surface area contributed by atoms with Crippen LogP contribution in [-0.2, 0) is 11.2 Å². The van der Waals surface area contributed by atoms with Gasteiger partial charge < -0.3 is 31.6 Å². The van der Waals surface area contributed by atoms with Crippen LogP contribution in [0.15, 0.2) is 71.4 Å². The van der Waals surface area contributed by atoms with E-state index in [-0.39, 0.29) is 12.1 Å². The van der Waals surface area contributed by atoms with E-state index in [4.69, 9.17) is 16.2 Å². The lowest BCUT2D eigenvalue weighted by Crippen LogP contribution is -2.47. The van der Waals surface area contributed by atoms with Gasteiger partial charge in [-0.3, -0.25) is 4.99 Å². The number of guanidine groups is 1. The van der Waals surface area contributed by atoms with Crippen LogP contribution in [0.3, 0.4) is 0 Å². The summed E-state index contributed by atoms with van der Waals surface area (Å²) in [5.74, 6) is 0.902. The number of aromatic amines is 1. The standard InChI is InChI=1S/C37H50N5O3/c38-37-40-20-18-33(42-37)32(25-36(44)45)34(41-35-15-11-19-39-35)24-29-17-16-28-22-26-12-8-9-13-27(26)23-31(28)30(29)14-7-5-3-1-2-4-6-10-21-43/h8-9,11-13,15,19,22-23,25,29-30,33-34,39,43H,1-7,10,14,16-18,20-21,24H2,(H,44,45)(H3,38,40,42)/q-1/b32-25+/t29-,30-,33-,34+/m1/s1. The van der Waals surface area contributed by atoms with Gasteiger partial charge in [0.15, 0.2) is 5.96 Å². The number of nitrogens with zero attached hydrogens (tertiary/aromatic N) is 2. The highest BCUT2D eigenvalue weighted by molar-refractivity contribution is 5.85. The lowest BCUT2D eigenvalue weighted by Gasteiger charge is -2.40. The van der Waals surface area contributed by atoms with Gasteiger partial charge >= 0.3 is 5.97 Å². The van der Waals surface area contributed by atoms with E-state index in [2.05, 4.69) is 51.7 Å². The number of hydrogen-bond acceptors (Lipinski definition) is 5. The van der Waals surface area contributed by atoms with Crippen LogP contribution in [0, 0.1) is 5.92 Å². The zero-order chi connectivity index (χ0) is 31.4. The van der Waals surface area contributed by atoms with Crippen molar-refractivity contribution in [3.05, 3.63) is 82.8 Å². The molecule has 0 unspecified atom stereocenters. The van der Waals surface area contributed by atoms with Crippen LogP contribution < -0.4 is 11.1 Å². The third-order valence-corrected chi connectivity index (χ3v) is 9.69. The van der Waals surface area contributed by atoms with E-state index in [0.717, 1.165) is 49.9 Å². The molecule has 5 rings (SSSR count). The van der Waals surface area contributed by atoms with Crippen LogP contribution in [0.2, 0.25) is 0 Å². The van der Waals surface area contributed by atoms with E-state index in [1.54, 1.807) is 0 Å². The summed E-state index contributed by atoms with van der Waals surface area (Å²) >= 11 is 0. The number of aryl methyl sites for hydroxylation is 1. The number of aliphatic hydroxyl groups is 1. The molecule has 2 aliphatic rings. The maximum atomic E-state index is 12.2. The van der Waals surface area contributed by atoms with Gasteiger partial charge in [0.25, 0.3) is 0 Å². The Kier molecular flexibility index (Phi) is 12.0. The van der Waals surface area contributed by atoms with Gasteiger partial charge in [-0.25, -0.2) is 4.79 Å². The fourth-order valence-electron chi connectivity index (χ4n) is 7.42. The second kappa shape index (κ2) is 16.5. The number of carboxylic acids is 1. The second-order valence-electron chi connectivity index (χ2n) is 12.8. The summed E-state index contributed by atoms with van der Waals surface area (Å²) in [5.41, 5.74) is 9.75. The first-order valence-electron chi connectivity index (χ1n) is 17.0. The molecule has 8 heteroatoms. The SMILES string of the molecule is NC1=NCC[C@H](/C(=C\C(=O)O)[C@H](C[C@H]2CCc3cc4ccccc4cc3[C@@H]2CCCCCCCCCCO)[N-]c2ccc[nH]2)N1. The van der Waals surface area contributed by atoms with Gasteiger partial charge in [0.1, 0.15) is 0 Å². The van der Waals surface area contributed by atoms with Crippen LogP contribution in [-0.4, -0.2) is 52.4 Å². The van der Waals surface area contributed by atoms with Gasteiger partial charge in [-0.2, -0.15) is 0 Å². The number of hydrogen-bond donors (Lipinski definition) is 5. The number of fused-ring (bicyclic) bond motifs is 2. The first-order valence-corrected chi connectivity index (χ1v) is 17.0. The van der Waals surface area contributed by atoms with Crippen molar-refractivity contribution in [3.63, 3.8) is 0 Å². The Hall–Kier alpha value is -3.78. The van der Waals surface area contributed by atoms with E-state index >= 15 is 0 Å². The average Bonchev–Trinajstić information content (AvgIpc) is 3.55. The molecule has 0 fully saturated rings. The van der Waals surface area contributed by atoms with Crippen molar-refractivity contribution in [2.75, 3.05) is 13.2 Å². The Morgan fingerprint density at radius 1 is 1.00 bits per heavy atom. The third kappa shape index (κ3) is 9.13.